The van der Waals surface area contributed by atoms with Gasteiger partial charge in [0.1, 0.15) is 10.4 Å². The second-order valence-corrected chi connectivity index (χ2v) is 5.56. The second kappa shape index (κ2) is 3.88. The maximum atomic E-state index is 11.3. The number of aryl methyl sites for hydroxylation is 1. The smallest absolute Gasteiger partial charge is 0.315 e. The standard InChI is InChI=1S/C13H12N2O2S/c1-8-10(13(4-5-13)12(16)17)18-11(15-8)9-3-2-6-14-7-9/h2-3,6-7H,4-5H2,1H3,(H,16,17). The maximum Gasteiger partial charge on any atom is 0.315 e. The average molecular weight is 260 g/mol. The van der Waals surface area contributed by atoms with Gasteiger partial charge in [0.25, 0.3) is 0 Å². The number of nitrogens with zero attached hydrogens (tertiary/aromatic N) is 2. The number of aromatic nitrogens is 2. The summed E-state index contributed by atoms with van der Waals surface area (Å²) in [7, 11) is 0. The average Bonchev–Trinajstić information content (AvgIpc) is 3.09. The molecule has 2 aromatic rings. The monoisotopic (exact) mass is 260 g/mol. The number of rotatable bonds is 3. The molecule has 0 aliphatic heterocycles. The third-order valence-corrected chi connectivity index (χ3v) is 4.71. The molecule has 0 amide bonds. The molecule has 5 heteroatoms. The highest BCUT2D eigenvalue weighted by molar-refractivity contribution is 7.15. The van der Waals surface area contributed by atoms with E-state index in [4.69, 9.17) is 0 Å². The van der Waals surface area contributed by atoms with Crippen LogP contribution >= 0.6 is 11.3 Å². The summed E-state index contributed by atoms with van der Waals surface area (Å²) in [6, 6.07) is 3.80. The van der Waals surface area contributed by atoms with Crippen molar-refractivity contribution in [2.75, 3.05) is 0 Å². The first-order valence-corrected chi connectivity index (χ1v) is 6.57. The van der Waals surface area contributed by atoms with E-state index in [-0.39, 0.29) is 0 Å². The molecule has 1 aliphatic carbocycles. The summed E-state index contributed by atoms with van der Waals surface area (Å²) in [5.41, 5.74) is 1.11. The van der Waals surface area contributed by atoms with Crippen LogP contribution in [0.5, 0.6) is 0 Å². The summed E-state index contributed by atoms with van der Waals surface area (Å²) in [6.07, 6.45) is 4.91. The van der Waals surface area contributed by atoms with Crippen LogP contribution in [0.1, 0.15) is 23.4 Å². The van der Waals surface area contributed by atoms with Crippen LogP contribution in [-0.4, -0.2) is 21.0 Å². The van der Waals surface area contributed by atoms with Crippen LogP contribution in [-0.2, 0) is 10.2 Å². The minimum Gasteiger partial charge on any atom is -0.481 e. The molecule has 3 rings (SSSR count). The van der Waals surface area contributed by atoms with Gasteiger partial charge in [-0.05, 0) is 31.9 Å². The fourth-order valence-corrected chi connectivity index (χ4v) is 3.41. The first-order valence-electron chi connectivity index (χ1n) is 5.75. The van der Waals surface area contributed by atoms with Gasteiger partial charge < -0.3 is 5.11 Å². The Bertz CT molecular complexity index is 603. The summed E-state index contributed by atoms with van der Waals surface area (Å²) in [4.78, 5) is 20.8. The van der Waals surface area contributed by atoms with Gasteiger partial charge in [-0.15, -0.1) is 11.3 Å². The topological polar surface area (TPSA) is 63.1 Å². The van der Waals surface area contributed by atoms with Gasteiger partial charge in [0.15, 0.2) is 0 Å². The van der Waals surface area contributed by atoms with Crippen molar-refractivity contribution in [3.05, 3.63) is 35.1 Å². The molecule has 18 heavy (non-hydrogen) atoms. The molecule has 0 saturated heterocycles. The number of carboxylic acid groups (broad SMARTS) is 1. The molecular formula is C13H12N2O2S. The number of aliphatic carboxylic acids is 1. The van der Waals surface area contributed by atoms with E-state index < -0.39 is 11.4 Å². The van der Waals surface area contributed by atoms with Crippen molar-refractivity contribution in [2.45, 2.75) is 25.2 Å². The van der Waals surface area contributed by atoms with Gasteiger partial charge in [0, 0.05) is 22.8 Å². The number of carbonyl (C=O) groups is 1. The molecular weight excluding hydrogens is 248 g/mol. The van der Waals surface area contributed by atoms with Gasteiger partial charge in [0.05, 0.1) is 5.69 Å². The van der Waals surface area contributed by atoms with Crippen molar-refractivity contribution >= 4 is 17.3 Å². The summed E-state index contributed by atoms with van der Waals surface area (Å²) < 4.78 is 0. The van der Waals surface area contributed by atoms with Crippen molar-refractivity contribution in [2.24, 2.45) is 0 Å². The van der Waals surface area contributed by atoms with E-state index in [0.717, 1.165) is 34.0 Å². The molecule has 2 aromatic heterocycles. The zero-order chi connectivity index (χ0) is 12.8. The number of pyridine rings is 1. The normalized spacial score (nSPS) is 16.5. The zero-order valence-corrected chi connectivity index (χ0v) is 10.7. The fraction of sp³-hybridized carbons (Fsp3) is 0.308. The summed E-state index contributed by atoms with van der Waals surface area (Å²) >= 11 is 1.48. The molecule has 92 valence electrons. The van der Waals surface area contributed by atoms with Crippen LogP contribution in [0, 0.1) is 6.92 Å². The summed E-state index contributed by atoms with van der Waals surface area (Å²) in [5.74, 6) is -0.730. The van der Waals surface area contributed by atoms with Gasteiger partial charge in [-0.25, -0.2) is 4.98 Å². The number of hydrogen-bond donors (Lipinski definition) is 1. The van der Waals surface area contributed by atoms with E-state index in [1.54, 1.807) is 12.4 Å². The molecule has 0 aromatic carbocycles. The lowest BCUT2D eigenvalue weighted by molar-refractivity contribution is -0.139. The Morgan fingerprint density at radius 1 is 1.50 bits per heavy atom. The zero-order valence-electron chi connectivity index (χ0n) is 9.88. The molecule has 1 fully saturated rings. The van der Waals surface area contributed by atoms with E-state index in [1.165, 1.54) is 11.3 Å². The first kappa shape index (κ1) is 11.3. The molecule has 2 heterocycles. The maximum absolute atomic E-state index is 11.3. The van der Waals surface area contributed by atoms with E-state index >= 15 is 0 Å². The van der Waals surface area contributed by atoms with Crippen LogP contribution in [0.2, 0.25) is 0 Å². The predicted octanol–water partition coefficient (Wildman–Crippen LogP) is 2.63. The third-order valence-electron chi connectivity index (χ3n) is 3.30. The highest BCUT2D eigenvalue weighted by Gasteiger charge is 2.54. The number of hydrogen-bond acceptors (Lipinski definition) is 4. The Balaban J connectivity index is 2.05. The van der Waals surface area contributed by atoms with Crippen LogP contribution < -0.4 is 0 Å². The second-order valence-electron chi connectivity index (χ2n) is 4.56. The van der Waals surface area contributed by atoms with Crippen molar-refractivity contribution in [3.63, 3.8) is 0 Å². The first-order chi connectivity index (χ1) is 8.63. The molecule has 1 saturated carbocycles. The van der Waals surface area contributed by atoms with Gasteiger partial charge in [-0.3, -0.25) is 9.78 Å². The Morgan fingerprint density at radius 2 is 2.28 bits per heavy atom. The quantitative estimate of drug-likeness (QED) is 0.921. The lowest BCUT2D eigenvalue weighted by Crippen LogP contribution is -2.18. The predicted molar refractivity (Wildman–Crippen MR) is 68.6 cm³/mol. The van der Waals surface area contributed by atoms with Crippen molar-refractivity contribution in [3.8, 4) is 10.6 Å². The summed E-state index contributed by atoms with van der Waals surface area (Å²) in [5, 5.41) is 10.2. The molecule has 0 radical (unpaired) electrons. The lowest BCUT2D eigenvalue weighted by Gasteiger charge is -2.06. The Morgan fingerprint density at radius 3 is 2.83 bits per heavy atom. The van der Waals surface area contributed by atoms with Gasteiger partial charge in [-0.2, -0.15) is 0 Å². The highest BCUT2D eigenvalue weighted by Crippen LogP contribution is 2.52. The van der Waals surface area contributed by atoms with E-state index in [1.807, 2.05) is 19.1 Å². The number of thiazole rings is 1. The molecule has 0 atom stereocenters. The minimum atomic E-state index is -0.730. The Labute approximate surface area is 108 Å². The molecule has 4 nitrogen and oxygen atoms in total. The Kier molecular flexibility index (Phi) is 2.45. The third kappa shape index (κ3) is 1.62. The van der Waals surface area contributed by atoms with Crippen LogP contribution in [0.25, 0.3) is 10.6 Å². The van der Waals surface area contributed by atoms with E-state index in [0.29, 0.717) is 0 Å². The molecule has 0 bridgehead atoms. The van der Waals surface area contributed by atoms with Gasteiger partial charge in [0.2, 0.25) is 0 Å². The van der Waals surface area contributed by atoms with Gasteiger partial charge in [-0.1, -0.05) is 0 Å². The van der Waals surface area contributed by atoms with Crippen LogP contribution in [0.4, 0.5) is 0 Å². The van der Waals surface area contributed by atoms with E-state index in [2.05, 4.69) is 9.97 Å². The molecule has 1 aliphatic rings. The van der Waals surface area contributed by atoms with Crippen LogP contribution in [0.15, 0.2) is 24.5 Å². The van der Waals surface area contributed by atoms with Crippen molar-refractivity contribution in [1.82, 2.24) is 9.97 Å². The molecule has 1 N–H and O–H groups in total. The van der Waals surface area contributed by atoms with Crippen LogP contribution in [0.3, 0.4) is 0 Å². The fourth-order valence-electron chi connectivity index (χ4n) is 2.12. The molecule has 0 unspecified atom stereocenters. The summed E-state index contributed by atoms with van der Waals surface area (Å²) in [6.45, 7) is 1.88. The van der Waals surface area contributed by atoms with Crippen molar-refractivity contribution < 1.29 is 9.90 Å². The SMILES string of the molecule is Cc1nc(-c2cccnc2)sc1C1(C(=O)O)CC1. The largest absolute Gasteiger partial charge is 0.481 e. The highest BCUT2D eigenvalue weighted by atomic mass is 32.1. The van der Waals surface area contributed by atoms with Crippen molar-refractivity contribution in [1.29, 1.82) is 0 Å². The van der Waals surface area contributed by atoms with E-state index in [9.17, 15) is 9.90 Å². The Hall–Kier alpha value is -1.75. The minimum absolute atomic E-state index is 0.664. The molecule has 0 spiro atoms. The van der Waals surface area contributed by atoms with Gasteiger partial charge >= 0.3 is 5.97 Å². The lowest BCUT2D eigenvalue weighted by atomic mass is 10.0. The number of carboxylic acids is 1.